The molecule has 2 aromatic carbocycles. The Balaban J connectivity index is 0.000000681. The van der Waals surface area contributed by atoms with E-state index in [-0.39, 0.29) is 12.1 Å². The van der Waals surface area contributed by atoms with Gasteiger partial charge in [-0.1, -0.05) is 60.7 Å². The topological polar surface area (TPSA) is 112 Å². The second kappa shape index (κ2) is 12.1. The second-order valence-corrected chi connectivity index (χ2v) is 11.3. The number of pyridine rings is 1. The molecule has 0 radical (unpaired) electrons. The summed E-state index contributed by atoms with van der Waals surface area (Å²) in [7, 11) is 1.35. The van der Waals surface area contributed by atoms with Crippen molar-refractivity contribution < 1.29 is 24.5 Å². The Hall–Kier alpha value is -3.91. The molecule has 1 aromatic heterocycles. The van der Waals surface area contributed by atoms with Crippen LogP contribution in [-0.2, 0) is 10.3 Å². The van der Waals surface area contributed by atoms with Gasteiger partial charge in [-0.2, -0.15) is 0 Å². The van der Waals surface area contributed by atoms with Gasteiger partial charge >= 0.3 is 12.2 Å². The Labute approximate surface area is 236 Å². The Bertz CT molecular complexity index is 1280. The third-order valence-corrected chi connectivity index (χ3v) is 7.48. The number of cyclic esters (lactones) is 1. The molecule has 2 heterocycles. The zero-order valence-corrected chi connectivity index (χ0v) is 23.6. The average molecular weight is 546 g/mol. The SMILES string of the molecule is CNC(=O)O.C[C@@H](c1ccc(-c2ccc(C3CC3)nc2)cc1)N1CC[C@](CC(C)(C)O)(c2ccccc2)OC1=O. The highest BCUT2D eigenvalue weighted by Crippen LogP contribution is 2.42. The first-order valence-corrected chi connectivity index (χ1v) is 13.8. The van der Waals surface area contributed by atoms with Gasteiger partial charge in [-0.05, 0) is 56.4 Å². The van der Waals surface area contributed by atoms with Gasteiger partial charge in [0.1, 0.15) is 5.60 Å². The number of amides is 2. The van der Waals surface area contributed by atoms with E-state index in [1.54, 1.807) is 18.7 Å². The summed E-state index contributed by atoms with van der Waals surface area (Å²) in [6.07, 6.45) is 4.09. The van der Waals surface area contributed by atoms with Gasteiger partial charge in [-0.15, -0.1) is 0 Å². The van der Waals surface area contributed by atoms with E-state index in [2.05, 4.69) is 41.4 Å². The zero-order chi connectivity index (χ0) is 28.9. The van der Waals surface area contributed by atoms with E-state index in [9.17, 15) is 14.7 Å². The highest BCUT2D eigenvalue weighted by Gasteiger charge is 2.46. The summed E-state index contributed by atoms with van der Waals surface area (Å²) in [5, 5.41) is 20.1. The van der Waals surface area contributed by atoms with E-state index in [0.717, 1.165) is 22.3 Å². The molecule has 5 rings (SSSR count). The number of ether oxygens (including phenoxy) is 1. The van der Waals surface area contributed by atoms with E-state index in [1.165, 1.54) is 25.6 Å². The fourth-order valence-corrected chi connectivity index (χ4v) is 5.22. The van der Waals surface area contributed by atoms with Crippen LogP contribution in [0.15, 0.2) is 72.9 Å². The van der Waals surface area contributed by atoms with Gasteiger partial charge in [0.2, 0.25) is 0 Å². The van der Waals surface area contributed by atoms with Crippen molar-refractivity contribution in [1.82, 2.24) is 15.2 Å². The highest BCUT2D eigenvalue weighted by molar-refractivity contribution is 5.70. The number of hydrogen-bond acceptors (Lipinski definition) is 5. The van der Waals surface area contributed by atoms with Crippen LogP contribution < -0.4 is 5.32 Å². The van der Waals surface area contributed by atoms with Crippen molar-refractivity contribution >= 4 is 12.2 Å². The number of benzene rings is 2. The van der Waals surface area contributed by atoms with Crippen LogP contribution in [0.5, 0.6) is 0 Å². The van der Waals surface area contributed by atoms with Crippen LogP contribution in [0, 0.1) is 0 Å². The molecule has 2 amide bonds. The molecule has 1 saturated carbocycles. The molecular weight excluding hydrogens is 506 g/mol. The lowest BCUT2D eigenvalue weighted by molar-refractivity contribution is -0.101. The molecule has 212 valence electrons. The molecule has 0 bridgehead atoms. The minimum Gasteiger partial charge on any atom is -0.465 e. The Morgan fingerprint density at radius 1 is 1.10 bits per heavy atom. The number of carbonyl (C=O) groups is 2. The van der Waals surface area contributed by atoms with E-state index >= 15 is 0 Å². The van der Waals surface area contributed by atoms with E-state index in [1.807, 2.05) is 48.8 Å². The van der Waals surface area contributed by atoms with E-state index in [4.69, 9.17) is 9.84 Å². The van der Waals surface area contributed by atoms with Crippen LogP contribution in [0.1, 0.15) is 75.2 Å². The predicted molar refractivity (Wildman–Crippen MR) is 154 cm³/mol. The molecule has 2 fully saturated rings. The summed E-state index contributed by atoms with van der Waals surface area (Å²) >= 11 is 0. The van der Waals surface area contributed by atoms with E-state index < -0.39 is 17.3 Å². The average Bonchev–Trinajstić information content (AvgIpc) is 3.79. The van der Waals surface area contributed by atoms with Gasteiger partial charge in [-0.25, -0.2) is 9.59 Å². The lowest BCUT2D eigenvalue weighted by atomic mass is 9.80. The largest absolute Gasteiger partial charge is 0.465 e. The van der Waals surface area contributed by atoms with Gasteiger partial charge in [-0.3, -0.25) is 4.98 Å². The molecule has 0 spiro atoms. The quantitative estimate of drug-likeness (QED) is 0.314. The minimum absolute atomic E-state index is 0.122. The number of rotatable bonds is 7. The summed E-state index contributed by atoms with van der Waals surface area (Å²) in [4.78, 5) is 29.0. The first kappa shape index (κ1) is 29.1. The number of nitrogens with one attached hydrogen (secondary N) is 1. The zero-order valence-electron chi connectivity index (χ0n) is 23.6. The summed E-state index contributed by atoms with van der Waals surface area (Å²) < 4.78 is 6.14. The van der Waals surface area contributed by atoms with Crippen molar-refractivity contribution in [1.29, 1.82) is 0 Å². The van der Waals surface area contributed by atoms with Crippen molar-refractivity contribution in [2.75, 3.05) is 13.6 Å². The fraction of sp³-hybridized carbons (Fsp3) is 0.406. The molecule has 8 heteroatoms. The molecule has 40 heavy (non-hydrogen) atoms. The first-order valence-electron chi connectivity index (χ1n) is 13.8. The maximum absolute atomic E-state index is 13.3. The van der Waals surface area contributed by atoms with Crippen molar-refractivity contribution in [2.45, 2.75) is 69.6 Å². The molecule has 2 atom stereocenters. The van der Waals surface area contributed by atoms with Gasteiger partial charge in [0.05, 0.1) is 11.6 Å². The Kier molecular flexibility index (Phi) is 8.79. The molecule has 3 N–H and O–H groups in total. The van der Waals surface area contributed by atoms with Crippen LogP contribution in [0.2, 0.25) is 0 Å². The van der Waals surface area contributed by atoms with Crippen molar-refractivity contribution in [3.63, 3.8) is 0 Å². The third kappa shape index (κ3) is 7.18. The Morgan fingerprint density at radius 2 is 1.73 bits per heavy atom. The third-order valence-electron chi connectivity index (χ3n) is 7.48. The number of aromatic nitrogens is 1. The fourth-order valence-electron chi connectivity index (χ4n) is 5.22. The summed E-state index contributed by atoms with van der Waals surface area (Å²) in [6.45, 7) is 6.11. The standard InChI is InChI=1S/C30H34N2O3.C2H5NO2/c1-21(22-9-11-23(12-10-22)25-15-16-27(31-19-25)24-13-14-24)32-18-17-30(35-28(32)33,20-29(2,3)34)26-7-5-4-6-8-26;1-3-2(4)5/h4-12,15-16,19,21,24,34H,13-14,17-18,20H2,1-3H3;3H,1H3,(H,4,5)/t21-,30-;/m0./s1. The number of carbonyl (C=O) groups excluding carboxylic acids is 1. The molecule has 0 unspecified atom stereocenters. The molecule has 3 aromatic rings. The summed E-state index contributed by atoms with van der Waals surface area (Å²) in [5.74, 6) is 0.653. The normalized spacial score (nSPS) is 19.6. The van der Waals surface area contributed by atoms with Crippen molar-refractivity contribution in [3.05, 3.63) is 89.7 Å². The van der Waals surface area contributed by atoms with Crippen LogP contribution in [0.25, 0.3) is 11.1 Å². The monoisotopic (exact) mass is 545 g/mol. The first-order chi connectivity index (χ1) is 19.0. The van der Waals surface area contributed by atoms with Crippen LogP contribution in [0.4, 0.5) is 9.59 Å². The number of hydrogen-bond donors (Lipinski definition) is 3. The minimum atomic E-state index is -0.995. The van der Waals surface area contributed by atoms with Gasteiger partial charge in [0.15, 0.2) is 0 Å². The summed E-state index contributed by atoms with van der Waals surface area (Å²) in [6, 6.07) is 22.3. The summed E-state index contributed by atoms with van der Waals surface area (Å²) in [5.41, 5.74) is 3.59. The van der Waals surface area contributed by atoms with Gasteiger partial charge in [0.25, 0.3) is 0 Å². The molecule has 1 saturated heterocycles. The maximum Gasteiger partial charge on any atom is 0.411 e. The molecule has 1 aliphatic carbocycles. The van der Waals surface area contributed by atoms with Crippen molar-refractivity contribution in [3.8, 4) is 11.1 Å². The predicted octanol–water partition coefficient (Wildman–Crippen LogP) is 6.47. The second-order valence-electron chi connectivity index (χ2n) is 11.3. The highest BCUT2D eigenvalue weighted by atomic mass is 16.6. The van der Waals surface area contributed by atoms with Gasteiger partial charge in [0, 0.05) is 49.8 Å². The lowest BCUT2D eigenvalue weighted by Crippen LogP contribution is -2.51. The van der Waals surface area contributed by atoms with Crippen LogP contribution >= 0.6 is 0 Å². The van der Waals surface area contributed by atoms with E-state index in [0.29, 0.717) is 25.3 Å². The Morgan fingerprint density at radius 3 is 2.23 bits per heavy atom. The maximum atomic E-state index is 13.3. The van der Waals surface area contributed by atoms with Crippen LogP contribution in [0.3, 0.4) is 0 Å². The molecule has 1 aliphatic heterocycles. The molecule has 2 aliphatic rings. The smallest absolute Gasteiger partial charge is 0.411 e. The van der Waals surface area contributed by atoms with Crippen LogP contribution in [-0.4, -0.2) is 51.5 Å². The number of nitrogens with zero attached hydrogens (tertiary/aromatic N) is 2. The molecular formula is C32H39N3O5. The lowest BCUT2D eigenvalue weighted by Gasteiger charge is -2.45. The number of carboxylic acid groups (broad SMARTS) is 1. The molecule has 8 nitrogen and oxygen atoms in total. The number of aliphatic hydroxyl groups is 1. The van der Waals surface area contributed by atoms with Crippen molar-refractivity contribution in [2.24, 2.45) is 0 Å². The van der Waals surface area contributed by atoms with Gasteiger partial charge < -0.3 is 25.2 Å².